The first-order valence-electron chi connectivity index (χ1n) is 10.2. The second-order valence-electron chi connectivity index (χ2n) is 7.50. The van der Waals surface area contributed by atoms with Gasteiger partial charge in [-0.3, -0.25) is 0 Å². The molecule has 1 fully saturated rings. The van der Waals surface area contributed by atoms with Crippen LogP contribution in [0.1, 0.15) is 30.9 Å². The number of aliphatic hydroxyl groups is 1. The molecule has 0 aliphatic carbocycles. The number of anilines is 1. The molecular weight excluding hydrogens is 368 g/mol. The molecule has 3 N–H and O–H groups in total. The highest BCUT2D eigenvalue weighted by molar-refractivity contribution is 5.79. The van der Waals surface area contributed by atoms with E-state index in [0.29, 0.717) is 24.8 Å². The van der Waals surface area contributed by atoms with Crippen molar-refractivity contribution in [3.8, 4) is 0 Å². The summed E-state index contributed by atoms with van der Waals surface area (Å²) in [6, 6.07) is 12.2. The Hall–Kier alpha value is -2.51. The average molecular weight is 401 g/mol. The van der Waals surface area contributed by atoms with Crippen LogP contribution in [0, 0.1) is 6.92 Å². The molecule has 1 aromatic heterocycles. The minimum atomic E-state index is -1.12. The van der Waals surface area contributed by atoms with Crippen molar-refractivity contribution in [2.24, 2.45) is 4.99 Å². The summed E-state index contributed by atoms with van der Waals surface area (Å²) in [4.78, 5) is 6.98. The van der Waals surface area contributed by atoms with Crippen molar-refractivity contribution in [2.75, 3.05) is 44.3 Å². The van der Waals surface area contributed by atoms with Crippen LogP contribution in [0.4, 0.5) is 5.69 Å². The molecule has 0 saturated carbocycles. The van der Waals surface area contributed by atoms with Crippen LogP contribution in [-0.2, 0) is 16.9 Å². The summed E-state index contributed by atoms with van der Waals surface area (Å²) in [7, 11) is 0. The van der Waals surface area contributed by atoms with Gasteiger partial charge in [-0.1, -0.05) is 12.1 Å². The van der Waals surface area contributed by atoms with Crippen molar-refractivity contribution in [2.45, 2.75) is 32.9 Å². The van der Waals surface area contributed by atoms with E-state index in [9.17, 15) is 5.11 Å². The molecule has 7 nitrogen and oxygen atoms in total. The van der Waals surface area contributed by atoms with Crippen LogP contribution >= 0.6 is 0 Å². The van der Waals surface area contributed by atoms with Crippen LogP contribution in [0.2, 0.25) is 0 Å². The lowest BCUT2D eigenvalue weighted by molar-refractivity contribution is 0.0378. The largest absolute Gasteiger partial charge is 0.463 e. The number of nitrogens with one attached hydrogen (secondary N) is 2. The van der Waals surface area contributed by atoms with Gasteiger partial charge in [0.15, 0.2) is 5.96 Å². The molecule has 1 unspecified atom stereocenters. The fourth-order valence-corrected chi connectivity index (χ4v) is 3.21. The number of hydrogen-bond acceptors (Lipinski definition) is 5. The fourth-order valence-electron chi connectivity index (χ4n) is 3.21. The van der Waals surface area contributed by atoms with Gasteiger partial charge in [0.05, 0.1) is 26.3 Å². The first kappa shape index (κ1) is 21.2. The van der Waals surface area contributed by atoms with E-state index in [4.69, 9.17) is 9.15 Å². The van der Waals surface area contributed by atoms with Crippen LogP contribution in [0.3, 0.4) is 0 Å². The zero-order valence-electron chi connectivity index (χ0n) is 17.6. The molecule has 1 atom stereocenters. The van der Waals surface area contributed by atoms with Crippen molar-refractivity contribution in [3.63, 3.8) is 0 Å². The van der Waals surface area contributed by atoms with Crippen molar-refractivity contribution >= 4 is 11.6 Å². The molecule has 0 amide bonds. The highest BCUT2D eigenvalue weighted by atomic mass is 16.5. The van der Waals surface area contributed by atoms with Gasteiger partial charge in [0.2, 0.25) is 0 Å². The number of aliphatic imine (C=N–C) groups is 1. The third-order valence-corrected chi connectivity index (χ3v) is 4.95. The van der Waals surface area contributed by atoms with Crippen molar-refractivity contribution in [1.82, 2.24) is 10.6 Å². The number of benzene rings is 1. The molecule has 1 saturated heterocycles. The number of rotatable bonds is 7. The Bertz CT molecular complexity index is 793. The Morgan fingerprint density at radius 1 is 1.14 bits per heavy atom. The standard InChI is InChI=1S/C22H32N4O3/c1-4-23-21(25-16-22(3,27)20-10-5-17(2)29-20)24-15-18-6-8-19(9-7-18)26-11-13-28-14-12-26/h5-10,27H,4,11-16H2,1-3H3,(H2,23,24,25). The van der Waals surface area contributed by atoms with Crippen LogP contribution in [-0.4, -0.2) is 50.5 Å². The molecule has 1 aliphatic heterocycles. The van der Waals surface area contributed by atoms with Crippen LogP contribution < -0.4 is 15.5 Å². The molecule has 1 aromatic carbocycles. The van der Waals surface area contributed by atoms with E-state index in [2.05, 4.69) is 44.8 Å². The molecule has 1 aliphatic rings. The quantitative estimate of drug-likeness (QED) is 0.489. The van der Waals surface area contributed by atoms with Gasteiger partial charge < -0.3 is 29.8 Å². The average Bonchev–Trinajstić information content (AvgIpc) is 3.18. The summed E-state index contributed by atoms with van der Waals surface area (Å²) < 4.78 is 11.0. The topological polar surface area (TPSA) is 82.3 Å². The first-order valence-corrected chi connectivity index (χ1v) is 10.2. The highest BCUT2D eigenvalue weighted by Gasteiger charge is 2.27. The van der Waals surface area contributed by atoms with Gasteiger partial charge in [-0.25, -0.2) is 4.99 Å². The molecule has 2 heterocycles. The van der Waals surface area contributed by atoms with Gasteiger partial charge in [-0.15, -0.1) is 0 Å². The second-order valence-corrected chi connectivity index (χ2v) is 7.50. The predicted molar refractivity (Wildman–Crippen MR) is 115 cm³/mol. The summed E-state index contributed by atoms with van der Waals surface area (Å²) in [5.41, 5.74) is 1.23. The van der Waals surface area contributed by atoms with Crippen LogP contribution in [0.5, 0.6) is 0 Å². The molecule has 2 aromatic rings. The monoisotopic (exact) mass is 400 g/mol. The van der Waals surface area contributed by atoms with Crippen LogP contribution in [0.15, 0.2) is 45.8 Å². The molecule has 0 radical (unpaired) electrons. The van der Waals surface area contributed by atoms with E-state index >= 15 is 0 Å². The fraction of sp³-hybridized carbons (Fsp3) is 0.500. The minimum absolute atomic E-state index is 0.293. The maximum atomic E-state index is 10.7. The van der Waals surface area contributed by atoms with E-state index in [1.165, 1.54) is 5.69 Å². The lowest BCUT2D eigenvalue weighted by Gasteiger charge is -2.28. The SMILES string of the molecule is CCNC(=NCc1ccc(N2CCOCC2)cc1)NCC(C)(O)c1ccc(C)o1. The predicted octanol–water partition coefficient (Wildman–Crippen LogP) is 2.39. The summed E-state index contributed by atoms with van der Waals surface area (Å²) in [5.74, 6) is 1.98. The molecule has 7 heteroatoms. The lowest BCUT2D eigenvalue weighted by atomic mass is 10.0. The molecule has 158 valence electrons. The Morgan fingerprint density at radius 3 is 2.48 bits per heavy atom. The number of hydrogen-bond donors (Lipinski definition) is 3. The Labute approximate surface area is 172 Å². The van der Waals surface area contributed by atoms with E-state index in [1.54, 1.807) is 13.0 Å². The number of aryl methyl sites for hydroxylation is 1. The summed E-state index contributed by atoms with van der Waals surface area (Å²) in [5, 5.41) is 17.1. The molecule has 3 rings (SSSR count). The van der Waals surface area contributed by atoms with Crippen LogP contribution in [0.25, 0.3) is 0 Å². The third-order valence-electron chi connectivity index (χ3n) is 4.95. The Balaban J connectivity index is 1.58. The van der Waals surface area contributed by atoms with Gasteiger partial charge >= 0.3 is 0 Å². The summed E-state index contributed by atoms with van der Waals surface area (Å²) >= 11 is 0. The van der Waals surface area contributed by atoms with Gasteiger partial charge in [0, 0.05) is 25.3 Å². The number of nitrogens with zero attached hydrogens (tertiary/aromatic N) is 2. The normalized spacial score (nSPS) is 17.1. The molecule has 0 bridgehead atoms. The number of furan rings is 1. The smallest absolute Gasteiger partial charge is 0.191 e. The number of guanidine groups is 1. The van der Waals surface area contributed by atoms with Crippen molar-refractivity contribution in [1.29, 1.82) is 0 Å². The maximum Gasteiger partial charge on any atom is 0.191 e. The van der Waals surface area contributed by atoms with Gasteiger partial charge in [-0.2, -0.15) is 0 Å². The second kappa shape index (κ2) is 9.80. The zero-order chi connectivity index (χ0) is 20.7. The summed E-state index contributed by atoms with van der Waals surface area (Å²) in [6.07, 6.45) is 0. The zero-order valence-corrected chi connectivity index (χ0v) is 17.6. The number of ether oxygens (including phenoxy) is 1. The molecule has 29 heavy (non-hydrogen) atoms. The Morgan fingerprint density at radius 2 is 1.86 bits per heavy atom. The highest BCUT2D eigenvalue weighted by Crippen LogP contribution is 2.22. The lowest BCUT2D eigenvalue weighted by Crippen LogP contribution is -2.44. The first-order chi connectivity index (χ1) is 14.0. The Kier molecular flexibility index (Phi) is 7.17. The maximum absolute atomic E-state index is 10.7. The van der Waals surface area contributed by atoms with Gasteiger partial charge in [0.25, 0.3) is 0 Å². The van der Waals surface area contributed by atoms with Crippen molar-refractivity contribution < 1.29 is 14.3 Å². The van der Waals surface area contributed by atoms with E-state index in [1.807, 2.05) is 19.9 Å². The number of morpholine rings is 1. The van der Waals surface area contributed by atoms with Gasteiger partial charge in [0.1, 0.15) is 17.1 Å². The van der Waals surface area contributed by atoms with Crippen molar-refractivity contribution in [3.05, 3.63) is 53.5 Å². The minimum Gasteiger partial charge on any atom is -0.463 e. The van der Waals surface area contributed by atoms with E-state index in [-0.39, 0.29) is 0 Å². The van der Waals surface area contributed by atoms with E-state index in [0.717, 1.165) is 44.2 Å². The molecular formula is C22H32N4O3. The molecule has 0 spiro atoms. The third kappa shape index (κ3) is 5.98. The van der Waals surface area contributed by atoms with E-state index < -0.39 is 5.60 Å². The van der Waals surface area contributed by atoms with Gasteiger partial charge in [-0.05, 0) is 50.6 Å². The summed E-state index contributed by atoms with van der Waals surface area (Å²) in [6.45, 7) is 10.6.